The van der Waals surface area contributed by atoms with Crippen molar-refractivity contribution >= 4 is 5.65 Å². The standard InChI is InChI=1S/C11H13F2N3/c1-2-3-8-4-5-11-14-7-10(9(13)6-12)16(11)15-8/h4-5,7,9H,2-3,6H2,1H3. The third kappa shape index (κ3) is 1.89. The lowest BCUT2D eigenvalue weighted by molar-refractivity contribution is 0.257. The van der Waals surface area contributed by atoms with Gasteiger partial charge in [0.2, 0.25) is 0 Å². The van der Waals surface area contributed by atoms with E-state index in [4.69, 9.17) is 0 Å². The molecule has 86 valence electrons. The molecule has 2 heterocycles. The van der Waals surface area contributed by atoms with Gasteiger partial charge in [-0.3, -0.25) is 0 Å². The lowest BCUT2D eigenvalue weighted by Crippen LogP contribution is -2.04. The van der Waals surface area contributed by atoms with E-state index in [1.54, 1.807) is 6.07 Å². The molecule has 0 amide bonds. The molecule has 1 unspecified atom stereocenters. The number of hydrogen-bond acceptors (Lipinski definition) is 2. The summed E-state index contributed by atoms with van der Waals surface area (Å²) in [5.41, 5.74) is 1.58. The molecule has 1 atom stereocenters. The van der Waals surface area contributed by atoms with Gasteiger partial charge in [0.05, 0.1) is 17.6 Å². The Labute approximate surface area is 92.1 Å². The van der Waals surface area contributed by atoms with Gasteiger partial charge in [-0.15, -0.1) is 0 Å². The van der Waals surface area contributed by atoms with Crippen molar-refractivity contribution in [3.63, 3.8) is 0 Å². The van der Waals surface area contributed by atoms with Gasteiger partial charge in [-0.1, -0.05) is 13.3 Å². The first-order valence-corrected chi connectivity index (χ1v) is 5.30. The third-order valence-corrected chi connectivity index (χ3v) is 2.41. The monoisotopic (exact) mass is 225 g/mol. The second-order valence-corrected chi connectivity index (χ2v) is 3.65. The highest BCUT2D eigenvalue weighted by Gasteiger charge is 2.15. The molecule has 0 N–H and O–H groups in total. The minimum Gasteiger partial charge on any atom is -0.247 e. The number of aromatic nitrogens is 3. The summed E-state index contributed by atoms with van der Waals surface area (Å²) in [5.74, 6) is 0. The number of fused-ring (bicyclic) bond motifs is 1. The highest BCUT2D eigenvalue weighted by atomic mass is 19.2. The molecule has 2 rings (SSSR count). The van der Waals surface area contributed by atoms with E-state index in [9.17, 15) is 8.78 Å². The van der Waals surface area contributed by atoms with Crippen LogP contribution in [0.25, 0.3) is 5.65 Å². The topological polar surface area (TPSA) is 30.2 Å². The summed E-state index contributed by atoms with van der Waals surface area (Å²) in [5, 5.41) is 4.24. The maximum Gasteiger partial charge on any atom is 0.172 e. The van der Waals surface area contributed by atoms with E-state index in [0.717, 1.165) is 18.5 Å². The summed E-state index contributed by atoms with van der Waals surface area (Å²) >= 11 is 0. The van der Waals surface area contributed by atoms with E-state index < -0.39 is 12.8 Å². The van der Waals surface area contributed by atoms with Crippen molar-refractivity contribution in [2.75, 3.05) is 6.67 Å². The maximum absolute atomic E-state index is 13.3. The van der Waals surface area contributed by atoms with Crippen molar-refractivity contribution in [2.24, 2.45) is 0 Å². The van der Waals surface area contributed by atoms with Gasteiger partial charge in [0.15, 0.2) is 11.8 Å². The van der Waals surface area contributed by atoms with E-state index in [1.165, 1.54) is 10.7 Å². The van der Waals surface area contributed by atoms with Crippen LogP contribution in [0.2, 0.25) is 0 Å². The maximum atomic E-state index is 13.3. The van der Waals surface area contributed by atoms with Crippen LogP contribution in [-0.4, -0.2) is 21.3 Å². The fourth-order valence-electron chi connectivity index (χ4n) is 1.61. The Kier molecular flexibility index (Phi) is 3.12. The molecular weight excluding hydrogens is 212 g/mol. The van der Waals surface area contributed by atoms with Gasteiger partial charge < -0.3 is 0 Å². The summed E-state index contributed by atoms with van der Waals surface area (Å²) in [6.07, 6.45) is 1.46. The smallest absolute Gasteiger partial charge is 0.172 e. The molecule has 0 aliphatic rings. The Morgan fingerprint density at radius 2 is 2.25 bits per heavy atom. The van der Waals surface area contributed by atoms with Crippen LogP contribution in [0.1, 0.15) is 30.9 Å². The molecule has 0 saturated heterocycles. The van der Waals surface area contributed by atoms with Gasteiger partial charge in [-0.2, -0.15) is 5.10 Å². The van der Waals surface area contributed by atoms with Crippen LogP contribution in [0.15, 0.2) is 18.3 Å². The predicted molar refractivity (Wildman–Crippen MR) is 56.8 cm³/mol. The lowest BCUT2D eigenvalue weighted by Gasteiger charge is -2.04. The Morgan fingerprint density at radius 3 is 2.94 bits per heavy atom. The number of aryl methyl sites for hydroxylation is 1. The highest BCUT2D eigenvalue weighted by molar-refractivity contribution is 5.39. The number of nitrogens with zero attached hydrogens (tertiary/aromatic N) is 3. The predicted octanol–water partition coefficient (Wildman–Crippen LogP) is 2.66. The molecule has 5 heteroatoms. The van der Waals surface area contributed by atoms with Crippen molar-refractivity contribution in [1.82, 2.24) is 14.6 Å². The van der Waals surface area contributed by atoms with Crippen molar-refractivity contribution < 1.29 is 8.78 Å². The SMILES string of the molecule is CCCc1ccc2ncc(C(F)CF)n2n1. The van der Waals surface area contributed by atoms with E-state index in [2.05, 4.69) is 10.1 Å². The van der Waals surface area contributed by atoms with Crippen LogP contribution in [0.3, 0.4) is 0 Å². The molecule has 0 aliphatic heterocycles. The molecule has 0 aromatic carbocycles. The number of alkyl halides is 2. The molecule has 0 spiro atoms. The Morgan fingerprint density at radius 1 is 1.44 bits per heavy atom. The molecule has 0 bridgehead atoms. The zero-order chi connectivity index (χ0) is 11.5. The average molecular weight is 225 g/mol. The van der Waals surface area contributed by atoms with Crippen molar-refractivity contribution in [3.8, 4) is 0 Å². The first kappa shape index (κ1) is 11.0. The number of rotatable bonds is 4. The number of halogens is 2. The summed E-state index contributed by atoms with van der Waals surface area (Å²) in [4.78, 5) is 3.98. The zero-order valence-corrected chi connectivity index (χ0v) is 9.03. The first-order chi connectivity index (χ1) is 7.76. The molecule has 0 fully saturated rings. The largest absolute Gasteiger partial charge is 0.247 e. The molecular formula is C11H13F2N3. The van der Waals surface area contributed by atoms with Gasteiger partial charge in [0.25, 0.3) is 0 Å². The summed E-state index contributed by atoms with van der Waals surface area (Å²) < 4.78 is 26.9. The van der Waals surface area contributed by atoms with Crippen molar-refractivity contribution in [1.29, 1.82) is 0 Å². The lowest BCUT2D eigenvalue weighted by atomic mass is 10.2. The van der Waals surface area contributed by atoms with Crippen LogP contribution < -0.4 is 0 Å². The van der Waals surface area contributed by atoms with Crippen LogP contribution >= 0.6 is 0 Å². The fourth-order valence-corrected chi connectivity index (χ4v) is 1.61. The minimum absolute atomic E-state index is 0.176. The zero-order valence-electron chi connectivity index (χ0n) is 9.03. The summed E-state index contributed by atoms with van der Waals surface area (Å²) in [7, 11) is 0. The second-order valence-electron chi connectivity index (χ2n) is 3.65. The third-order valence-electron chi connectivity index (χ3n) is 2.41. The average Bonchev–Trinajstić information content (AvgIpc) is 2.71. The van der Waals surface area contributed by atoms with Gasteiger partial charge in [-0.05, 0) is 18.6 Å². The fraction of sp³-hybridized carbons (Fsp3) is 0.455. The van der Waals surface area contributed by atoms with E-state index >= 15 is 0 Å². The minimum atomic E-state index is -1.65. The second kappa shape index (κ2) is 4.55. The number of imidazole rings is 1. The van der Waals surface area contributed by atoms with E-state index in [-0.39, 0.29) is 5.69 Å². The van der Waals surface area contributed by atoms with Gasteiger partial charge in [0.1, 0.15) is 6.67 Å². The van der Waals surface area contributed by atoms with Crippen LogP contribution in [-0.2, 0) is 6.42 Å². The Bertz CT molecular complexity index is 481. The van der Waals surface area contributed by atoms with Gasteiger partial charge in [0, 0.05) is 0 Å². The Balaban J connectivity index is 2.47. The summed E-state index contributed by atoms with van der Waals surface area (Å²) in [6.45, 7) is 0.994. The molecule has 0 radical (unpaired) electrons. The molecule has 0 saturated carbocycles. The van der Waals surface area contributed by atoms with Gasteiger partial charge >= 0.3 is 0 Å². The van der Waals surface area contributed by atoms with Crippen molar-refractivity contribution in [2.45, 2.75) is 25.9 Å². The highest BCUT2D eigenvalue weighted by Crippen LogP contribution is 2.18. The van der Waals surface area contributed by atoms with E-state index in [1.807, 2.05) is 13.0 Å². The summed E-state index contributed by atoms with van der Waals surface area (Å²) in [6, 6.07) is 3.63. The molecule has 2 aromatic heterocycles. The van der Waals surface area contributed by atoms with Crippen LogP contribution in [0.4, 0.5) is 8.78 Å². The molecule has 16 heavy (non-hydrogen) atoms. The molecule has 3 nitrogen and oxygen atoms in total. The quantitative estimate of drug-likeness (QED) is 0.800. The first-order valence-electron chi connectivity index (χ1n) is 5.30. The molecule has 2 aromatic rings. The van der Waals surface area contributed by atoms with Crippen LogP contribution in [0, 0.1) is 0 Å². The van der Waals surface area contributed by atoms with E-state index in [0.29, 0.717) is 5.65 Å². The molecule has 0 aliphatic carbocycles. The number of hydrogen-bond donors (Lipinski definition) is 0. The van der Waals surface area contributed by atoms with Crippen LogP contribution in [0.5, 0.6) is 0 Å². The van der Waals surface area contributed by atoms with Crippen molar-refractivity contribution in [3.05, 3.63) is 29.7 Å². The van der Waals surface area contributed by atoms with Gasteiger partial charge in [-0.25, -0.2) is 18.3 Å². The normalized spacial score (nSPS) is 13.2. The Hall–Kier alpha value is -1.52.